The molecule has 18 heavy (non-hydrogen) atoms. The second-order valence-corrected chi connectivity index (χ2v) is 5.04. The molecule has 1 fully saturated rings. The molecular formula is C14H18N2O2. The van der Waals surface area contributed by atoms with Gasteiger partial charge < -0.3 is 15.4 Å². The van der Waals surface area contributed by atoms with Crippen LogP contribution in [0.1, 0.15) is 18.4 Å². The van der Waals surface area contributed by atoms with Gasteiger partial charge >= 0.3 is 0 Å². The first kappa shape index (κ1) is 11.7. The first-order valence-corrected chi connectivity index (χ1v) is 6.52. The van der Waals surface area contributed by atoms with E-state index in [1.165, 1.54) is 0 Å². The minimum absolute atomic E-state index is 0.0188. The van der Waals surface area contributed by atoms with Crippen LogP contribution in [0.15, 0.2) is 24.3 Å². The Morgan fingerprint density at radius 2 is 2.22 bits per heavy atom. The van der Waals surface area contributed by atoms with Gasteiger partial charge in [-0.25, -0.2) is 0 Å². The summed E-state index contributed by atoms with van der Waals surface area (Å²) in [6, 6.07) is 8.01. The van der Waals surface area contributed by atoms with E-state index in [2.05, 4.69) is 0 Å². The highest BCUT2D eigenvalue weighted by molar-refractivity contribution is 5.97. The van der Waals surface area contributed by atoms with Crippen molar-refractivity contribution < 1.29 is 9.53 Å². The molecule has 1 aromatic rings. The van der Waals surface area contributed by atoms with Gasteiger partial charge in [-0.15, -0.1) is 0 Å². The third-order valence-corrected chi connectivity index (χ3v) is 3.65. The Labute approximate surface area is 107 Å². The van der Waals surface area contributed by atoms with Crippen molar-refractivity contribution >= 4 is 11.6 Å². The molecule has 0 radical (unpaired) electrons. The molecule has 4 heteroatoms. The Morgan fingerprint density at radius 3 is 3.00 bits per heavy atom. The normalized spacial score (nSPS) is 27.1. The van der Waals surface area contributed by atoms with Gasteiger partial charge in [0.05, 0.1) is 0 Å². The van der Waals surface area contributed by atoms with Crippen LogP contribution in [0.25, 0.3) is 0 Å². The monoisotopic (exact) mass is 246 g/mol. The van der Waals surface area contributed by atoms with Crippen molar-refractivity contribution in [2.45, 2.75) is 31.4 Å². The average molecular weight is 246 g/mol. The molecule has 3 rings (SSSR count). The zero-order valence-corrected chi connectivity index (χ0v) is 10.3. The van der Waals surface area contributed by atoms with Crippen molar-refractivity contribution in [3.05, 3.63) is 29.8 Å². The van der Waals surface area contributed by atoms with E-state index in [-0.39, 0.29) is 18.1 Å². The number of hydrogen-bond donors (Lipinski definition) is 1. The van der Waals surface area contributed by atoms with Gasteiger partial charge in [0, 0.05) is 24.9 Å². The van der Waals surface area contributed by atoms with Gasteiger partial charge in [0.15, 0.2) is 0 Å². The standard InChI is InChI=1S/C14H18N2O2/c15-11-8-10-4-1-2-5-12(10)16(9-11)14(17)13-6-3-7-18-13/h1-2,4-5,11,13H,3,6-9,15H2/t11?,13-/m1/s1. The van der Waals surface area contributed by atoms with Gasteiger partial charge in [0.2, 0.25) is 0 Å². The topological polar surface area (TPSA) is 55.6 Å². The zero-order valence-electron chi connectivity index (χ0n) is 10.3. The highest BCUT2D eigenvalue weighted by Crippen LogP contribution is 2.28. The van der Waals surface area contributed by atoms with E-state index in [4.69, 9.17) is 10.5 Å². The molecule has 0 aromatic heterocycles. The van der Waals surface area contributed by atoms with Gasteiger partial charge in [0.25, 0.3) is 5.91 Å². The first-order chi connectivity index (χ1) is 8.75. The predicted octanol–water partition coefficient (Wildman–Crippen LogP) is 1.08. The molecule has 0 aliphatic carbocycles. The molecule has 1 unspecified atom stereocenters. The van der Waals surface area contributed by atoms with Crippen molar-refractivity contribution in [2.24, 2.45) is 5.73 Å². The van der Waals surface area contributed by atoms with Crippen LogP contribution in [-0.2, 0) is 16.0 Å². The fraction of sp³-hybridized carbons (Fsp3) is 0.500. The second kappa shape index (κ2) is 4.71. The fourth-order valence-corrected chi connectivity index (χ4v) is 2.78. The molecule has 0 saturated carbocycles. The molecule has 2 atom stereocenters. The molecule has 0 bridgehead atoms. The maximum absolute atomic E-state index is 12.5. The summed E-state index contributed by atoms with van der Waals surface area (Å²) in [6.07, 6.45) is 2.36. The first-order valence-electron chi connectivity index (χ1n) is 6.52. The zero-order chi connectivity index (χ0) is 12.5. The Bertz CT molecular complexity index is 455. The van der Waals surface area contributed by atoms with Crippen molar-refractivity contribution in [2.75, 3.05) is 18.1 Å². The summed E-state index contributed by atoms with van der Waals surface area (Å²) >= 11 is 0. The maximum Gasteiger partial charge on any atom is 0.256 e. The predicted molar refractivity (Wildman–Crippen MR) is 69.4 cm³/mol. The minimum Gasteiger partial charge on any atom is -0.368 e. The number of carbonyl (C=O) groups is 1. The lowest BCUT2D eigenvalue weighted by Crippen LogP contribution is -2.49. The lowest BCUT2D eigenvalue weighted by molar-refractivity contribution is -0.127. The van der Waals surface area contributed by atoms with Gasteiger partial charge in [-0.2, -0.15) is 0 Å². The molecule has 1 saturated heterocycles. The molecule has 1 aromatic carbocycles. The number of hydrogen-bond acceptors (Lipinski definition) is 3. The molecule has 4 nitrogen and oxygen atoms in total. The number of nitrogens with zero attached hydrogens (tertiary/aromatic N) is 1. The number of rotatable bonds is 1. The summed E-state index contributed by atoms with van der Waals surface area (Å²) in [6.45, 7) is 1.29. The van der Waals surface area contributed by atoms with E-state index in [9.17, 15) is 4.79 Å². The minimum atomic E-state index is -0.275. The number of para-hydroxylation sites is 1. The quantitative estimate of drug-likeness (QED) is 0.806. The second-order valence-electron chi connectivity index (χ2n) is 5.04. The molecule has 1 amide bonds. The van der Waals surface area contributed by atoms with Crippen LogP contribution in [0.3, 0.4) is 0 Å². The van der Waals surface area contributed by atoms with Crippen molar-refractivity contribution in [3.8, 4) is 0 Å². The van der Waals surface area contributed by atoms with E-state index in [1.807, 2.05) is 24.3 Å². The van der Waals surface area contributed by atoms with Crippen molar-refractivity contribution in [1.82, 2.24) is 0 Å². The number of ether oxygens (including phenoxy) is 1. The van der Waals surface area contributed by atoms with Crippen LogP contribution in [0, 0.1) is 0 Å². The number of amides is 1. The van der Waals surface area contributed by atoms with E-state index in [0.717, 1.165) is 30.5 Å². The number of nitrogens with two attached hydrogens (primary N) is 1. The van der Waals surface area contributed by atoms with Crippen molar-refractivity contribution in [1.29, 1.82) is 0 Å². The lowest BCUT2D eigenvalue weighted by atomic mass is 9.98. The molecule has 96 valence electrons. The van der Waals surface area contributed by atoms with E-state index < -0.39 is 0 Å². The molecule has 2 N–H and O–H groups in total. The summed E-state index contributed by atoms with van der Waals surface area (Å²) in [7, 11) is 0. The Balaban J connectivity index is 1.89. The Hall–Kier alpha value is -1.39. The third-order valence-electron chi connectivity index (χ3n) is 3.65. The number of anilines is 1. The van der Waals surface area contributed by atoms with Gasteiger partial charge in [-0.1, -0.05) is 18.2 Å². The van der Waals surface area contributed by atoms with E-state index >= 15 is 0 Å². The summed E-state index contributed by atoms with van der Waals surface area (Å²) in [5.41, 5.74) is 8.20. The van der Waals surface area contributed by atoms with Crippen LogP contribution >= 0.6 is 0 Å². The maximum atomic E-state index is 12.5. The summed E-state index contributed by atoms with van der Waals surface area (Å²) in [4.78, 5) is 14.3. The molecule has 2 aliphatic heterocycles. The molecule has 2 heterocycles. The van der Waals surface area contributed by atoms with E-state index in [0.29, 0.717) is 13.2 Å². The number of carbonyl (C=O) groups excluding carboxylic acids is 1. The highest BCUT2D eigenvalue weighted by atomic mass is 16.5. The molecule has 2 aliphatic rings. The fourth-order valence-electron chi connectivity index (χ4n) is 2.78. The third kappa shape index (κ3) is 2.02. The largest absolute Gasteiger partial charge is 0.368 e. The van der Waals surface area contributed by atoms with Gasteiger partial charge in [0.1, 0.15) is 6.10 Å². The lowest BCUT2D eigenvalue weighted by Gasteiger charge is -2.34. The summed E-state index contributed by atoms with van der Waals surface area (Å²) < 4.78 is 5.49. The number of benzene rings is 1. The van der Waals surface area contributed by atoms with E-state index in [1.54, 1.807) is 4.90 Å². The Morgan fingerprint density at radius 1 is 1.39 bits per heavy atom. The van der Waals surface area contributed by atoms with Crippen LogP contribution in [-0.4, -0.2) is 31.2 Å². The van der Waals surface area contributed by atoms with Crippen LogP contribution in [0.5, 0.6) is 0 Å². The van der Waals surface area contributed by atoms with Gasteiger partial charge in [-0.05, 0) is 30.9 Å². The Kier molecular flexibility index (Phi) is 3.06. The van der Waals surface area contributed by atoms with Gasteiger partial charge in [-0.3, -0.25) is 4.79 Å². The SMILES string of the molecule is NC1Cc2ccccc2N(C(=O)[C@H]2CCCO2)C1. The van der Waals surface area contributed by atoms with Crippen LogP contribution in [0.4, 0.5) is 5.69 Å². The molecule has 0 spiro atoms. The number of fused-ring (bicyclic) bond motifs is 1. The highest BCUT2D eigenvalue weighted by Gasteiger charge is 2.33. The van der Waals surface area contributed by atoms with Crippen LogP contribution in [0.2, 0.25) is 0 Å². The molecular weight excluding hydrogens is 228 g/mol. The summed E-state index contributed by atoms with van der Waals surface area (Å²) in [5, 5.41) is 0. The summed E-state index contributed by atoms with van der Waals surface area (Å²) in [5.74, 6) is 0.0649. The van der Waals surface area contributed by atoms with Crippen LogP contribution < -0.4 is 10.6 Å². The smallest absolute Gasteiger partial charge is 0.256 e. The average Bonchev–Trinajstić information content (AvgIpc) is 2.90. The van der Waals surface area contributed by atoms with Crippen molar-refractivity contribution in [3.63, 3.8) is 0 Å².